The largest absolute Gasteiger partial charge is 0.423 e. The predicted molar refractivity (Wildman–Crippen MR) is 128 cm³/mol. The molecular weight excluding hydrogens is 416 g/mol. The summed E-state index contributed by atoms with van der Waals surface area (Å²) < 4.78 is 5.53. The third-order valence-electron chi connectivity index (χ3n) is 5.85. The number of carbonyl (C=O) groups is 3. The first-order valence-corrected chi connectivity index (χ1v) is 11.0. The van der Waals surface area contributed by atoms with Crippen molar-refractivity contribution < 1.29 is 19.1 Å². The maximum Gasteiger partial charge on any atom is 0.343 e. The standard InChI is InChI=1S/C27H26N2O4/c1-4-25(30)29-16-15-20-17-21(9-14-24(20)29)27(32)33-23-12-10-22(11-13-23)28(3)26(31)19-7-5-18(2)6-8-19/h5-14,17H,4,15-16H2,1-3H3. The van der Waals surface area contributed by atoms with Gasteiger partial charge in [-0.2, -0.15) is 0 Å². The summed E-state index contributed by atoms with van der Waals surface area (Å²) in [6.07, 6.45) is 1.17. The number of aryl methyl sites for hydroxylation is 1. The van der Waals surface area contributed by atoms with Gasteiger partial charge in [-0.1, -0.05) is 24.6 Å². The van der Waals surface area contributed by atoms with Crippen molar-refractivity contribution in [3.63, 3.8) is 0 Å². The number of fused-ring (bicyclic) bond motifs is 1. The molecule has 0 spiro atoms. The van der Waals surface area contributed by atoms with Gasteiger partial charge in [0.15, 0.2) is 0 Å². The van der Waals surface area contributed by atoms with Gasteiger partial charge >= 0.3 is 5.97 Å². The molecule has 1 heterocycles. The number of benzene rings is 3. The number of hydrogen-bond donors (Lipinski definition) is 0. The Morgan fingerprint density at radius 2 is 1.61 bits per heavy atom. The molecule has 0 aliphatic carbocycles. The van der Waals surface area contributed by atoms with Crippen molar-refractivity contribution in [2.75, 3.05) is 23.4 Å². The Balaban J connectivity index is 1.43. The highest BCUT2D eigenvalue weighted by Gasteiger charge is 2.24. The molecule has 0 saturated heterocycles. The fourth-order valence-corrected chi connectivity index (χ4v) is 3.89. The summed E-state index contributed by atoms with van der Waals surface area (Å²) >= 11 is 0. The maximum absolute atomic E-state index is 12.7. The van der Waals surface area contributed by atoms with E-state index in [9.17, 15) is 14.4 Å². The summed E-state index contributed by atoms with van der Waals surface area (Å²) in [6.45, 7) is 4.45. The van der Waals surface area contributed by atoms with Crippen LogP contribution in [0.5, 0.6) is 5.75 Å². The molecule has 0 aromatic heterocycles. The second-order valence-electron chi connectivity index (χ2n) is 8.11. The first-order chi connectivity index (χ1) is 15.9. The van der Waals surface area contributed by atoms with Gasteiger partial charge in [-0.25, -0.2) is 4.79 Å². The number of amides is 2. The molecule has 33 heavy (non-hydrogen) atoms. The van der Waals surface area contributed by atoms with Crippen LogP contribution in [-0.2, 0) is 11.2 Å². The van der Waals surface area contributed by atoms with E-state index in [0.717, 1.165) is 23.2 Å². The Labute approximate surface area is 193 Å². The van der Waals surface area contributed by atoms with Crippen LogP contribution in [0.2, 0.25) is 0 Å². The third kappa shape index (κ3) is 4.65. The molecule has 4 rings (SSSR count). The van der Waals surface area contributed by atoms with E-state index in [1.807, 2.05) is 26.0 Å². The lowest BCUT2D eigenvalue weighted by Crippen LogP contribution is -2.27. The lowest BCUT2D eigenvalue weighted by Gasteiger charge is -2.18. The molecule has 2 amide bonds. The van der Waals surface area contributed by atoms with Gasteiger partial charge in [0, 0.05) is 37.0 Å². The first kappa shape index (κ1) is 22.3. The molecule has 0 saturated carbocycles. The highest BCUT2D eigenvalue weighted by atomic mass is 16.5. The molecule has 3 aromatic carbocycles. The van der Waals surface area contributed by atoms with E-state index in [4.69, 9.17) is 4.74 Å². The number of rotatable bonds is 5. The van der Waals surface area contributed by atoms with Crippen molar-refractivity contribution in [1.29, 1.82) is 0 Å². The van der Waals surface area contributed by atoms with Crippen molar-refractivity contribution in [1.82, 2.24) is 0 Å². The van der Waals surface area contributed by atoms with Crippen LogP contribution in [0.25, 0.3) is 0 Å². The molecule has 0 fully saturated rings. The van der Waals surface area contributed by atoms with Crippen LogP contribution in [0.15, 0.2) is 66.7 Å². The van der Waals surface area contributed by atoms with Gasteiger partial charge in [0.2, 0.25) is 5.91 Å². The highest BCUT2D eigenvalue weighted by Crippen LogP contribution is 2.30. The molecule has 0 bridgehead atoms. The molecule has 0 atom stereocenters. The Morgan fingerprint density at radius 3 is 2.27 bits per heavy atom. The van der Waals surface area contributed by atoms with Crippen molar-refractivity contribution in [2.24, 2.45) is 0 Å². The fourth-order valence-electron chi connectivity index (χ4n) is 3.89. The van der Waals surface area contributed by atoms with E-state index in [1.54, 1.807) is 71.4 Å². The van der Waals surface area contributed by atoms with Crippen molar-refractivity contribution in [3.05, 3.63) is 89.0 Å². The minimum atomic E-state index is -0.463. The van der Waals surface area contributed by atoms with E-state index < -0.39 is 5.97 Å². The normalized spacial score (nSPS) is 12.3. The molecule has 3 aromatic rings. The van der Waals surface area contributed by atoms with Gasteiger partial charge in [-0.05, 0) is 73.5 Å². The zero-order valence-corrected chi connectivity index (χ0v) is 19.0. The second kappa shape index (κ2) is 9.28. The molecule has 168 valence electrons. The number of ether oxygens (including phenoxy) is 1. The molecular formula is C27H26N2O4. The van der Waals surface area contributed by atoms with Gasteiger partial charge in [0.1, 0.15) is 5.75 Å². The summed E-state index contributed by atoms with van der Waals surface area (Å²) in [4.78, 5) is 40.7. The lowest BCUT2D eigenvalue weighted by atomic mass is 10.1. The summed E-state index contributed by atoms with van der Waals surface area (Å²) in [7, 11) is 1.71. The van der Waals surface area contributed by atoms with E-state index >= 15 is 0 Å². The Morgan fingerprint density at radius 1 is 0.939 bits per heavy atom. The Kier molecular flexibility index (Phi) is 6.27. The number of esters is 1. The van der Waals surface area contributed by atoms with Crippen LogP contribution in [0.4, 0.5) is 11.4 Å². The third-order valence-corrected chi connectivity index (χ3v) is 5.85. The quantitative estimate of drug-likeness (QED) is 0.421. The molecule has 0 unspecified atom stereocenters. The van der Waals surface area contributed by atoms with Crippen LogP contribution in [-0.4, -0.2) is 31.4 Å². The van der Waals surface area contributed by atoms with Gasteiger partial charge in [-0.3, -0.25) is 9.59 Å². The topological polar surface area (TPSA) is 66.9 Å². The number of hydrogen-bond acceptors (Lipinski definition) is 4. The minimum absolute atomic E-state index is 0.0787. The van der Waals surface area contributed by atoms with Crippen LogP contribution in [0.1, 0.15) is 45.2 Å². The SMILES string of the molecule is CCC(=O)N1CCc2cc(C(=O)Oc3ccc(N(C)C(=O)c4ccc(C)cc4)cc3)ccc21. The molecule has 6 heteroatoms. The van der Waals surface area contributed by atoms with Gasteiger partial charge < -0.3 is 14.5 Å². The Bertz CT molecular complexity index is 1200. The summed E-state index contributed by atoms with van der Waals surface area (Å²) in [6, 6.07) is 19.5. The molecule has 1 aliphatic heterocycles. The Hall–Kier alpha value is -3.93. The fraction of sp³-hybridized carbons (Fsp3) is 0.222. The van der Waals surface area contributed by atoms with Crippen molar-refractivity contribution in [2.45, 2.75) is 26.7 Å². The highest BCUT2D eigenvalue weighted by molar-refractivity contribution is 6.05. The van der Waals surface area contributed by atoms with Crippen LogP contribution in [0, 0.1) is 6.92 Å². The minimum Gasteiger partial charge on any atom is -0.423 e. The maximum atomic E-state index is 12.7. The van der Waals surface area contributed by atoms with Gasteiger partial charge in [-0.15, -0.1) is 0 Å². The lowest BCUT2D eigenvalue weighted by molar-refractivity contribution is -0.118. The molecule has 0 radical (unpaired) electrons. The van der Waals surface area contributed by atoms with Gasteiger partial charge in [0.25, 0.3) is 5.91 Å². The number of nitrogens with zero attached hydrogens (tertiary/aromatic N) is 2. The van der Waals surface area contributed by atoms with Crippen molar-refractivity contribution >= 4 is 29.2 Å². The average Bonchev–Trinajstić information content (AvgIpc) is 3.27. The summed E-state index contributed by atoms with van der Waals surface area (Å²) in [5, 5.41) is 0. The smallest absolute Gasteiger partial charge is 0.343 e. The average molecular weight is 443 g/mol. The monoisotopic (exact) mass is 442 g/mol. The summed E-state index contributed by atoms with van der Waals surface area (Å²) in [5.41, 5.74) is 4.67. The number of carbonyl (C=O) groups excluding carboxylic acids is 3. The van der Waals surface area contributed by atoms with Crippen LogP contribution >= 0.6 is 0 Å². The zero-order chi connectivity index (χ0) is 23.5. The van der Waals surface area contributed by atoms with Crippen LogP contribution < -0.4 is 14.5 Å². The predicted octanol–water partition coefficient (Wildman–Crippen LogP) is 4.79. The van der Waals surface area contributed by atoms with Crippen LogP contribution in [0.3, 0.4) is 0 Å². The molecule has 1 aliphatic rings. The summed E-state index contributed by atoms with van der Waals surface area (Å²) in [5.74, 6) is -0.110. The van der Waals surface area contributed by atoms with Crippen molar-refractivity contribution in [3.8, 4) is 5.75 Å². The van der Waals surface area contributed by atoms with E-state index in [2.05, 4.69) is 0 Å². The zero-order valence-electron chi connectivity index (χ0n) is 19.0. The van der Waals surface area contributed by atoms with Gasteiger partial charge in [0.05, 0.1) is 5.56 Å². The molecule has 6 nitrogen and oxygen atoms in total. The molecule has 0 N–H and O–H groups in total. The van der Waals surface area contributed by atoms with E-state index in [0.29, 0.717) is 35.5 Å². The van der Waals surface area contributed by atoms with E-state index in [-0.39, 0.29) is 11.8 Å². The van der Waals surface area contributed by atoms with E-state index in [1.165, 1.54) is 0 Å². The number of anilines is 2. The second-order valence-corrected chi connectivity index (χ2v) is 8.11. The first-order valence-electron chi connectivity index (χ1n) is 11.0.